The number of nitrogens with zero attached hydrogens (tertiary/aromatic N) is 1. The van der Waals surface area contributed by atoms with Gasteiger partial charge in [0.25, 0.3) is 5.91 Å². The van der Waals surface area contributed by atoms with E-state index < -0.39 is 5.91 Å². The zero-order valence-electron chi connectivity index (χ0n) is 25.5. The van der Waals surface area contributed by atoms with E-state index in [9.17, 15) is 9.59 Å². The summed E-state index contributed by atoms with van der Waals surface area (Å²) < 4.78 is 8.18. The van der Waals surface area contributed by atoms with Crippen LogP contribution in [0.25, 0.3) is 21.7 Å². The Labute approximate surface area is 254 Å². The lowest BCUT2D eigenvalue weighted by Crippen LogP contribution is -2.31. The standard InChI is InChI=1S/C36H41ClN2O3/c1-35(2,3)33(36(4,5)6)8-7-15-39-20-29(27-14-12-23(18-30(27)39)22-9-10-22)31(40)21-42-32-19-24-11-13-26(37)16-25(24)17-28(32)34(38)41/h8,11-14,16-20,22H,7,9-10,15,21H2,1-6H3,(H2,38,41). The van der Waals surface area contributed by atoms with Crippen LogP contribution in [-0.2, 0) is 6.54 Å². The highest BCUT2D eigenvalue weighted by Gasteiger charge is 2.35. The molecular weight excluding hydrogens is 544 g/mol. The Morgan fingerprint density at radius 2 is 1.67 bits per heavy atom. The maximum Gasteiger partial charge on any atom is 0.252 e. The number of Topliss-reactive ketones (excluding diaryl/α,β-unsaturated/α-hetero) is 1. The van der Waals surface area contributed by atoms with Gasteiger partial charge in [-0.15, -0.1) is 0 Å². The molecule has 1 aliphatic rings. The minimum atomic E-state index is -0.624. The molecule has 0 unspecified atom stereocenters. The van der Waals surface area contributed by atoms with Gasteiger partial charge >= 0.3 is 0 Å². The minimum absolute atomic E-state index is 0.0768. The number of rotatable bonds is 10. The fraction of sp³-hybridized carbons (Fsp3) is 0.389. The SMILES string of the molecule is CC(C)(C)[C]([CH]CCn1cc(C(=O)COc2cc3ccc(Cl)cc3cc2C(N)=O)c2ccc(C3CC3)cc21)C(C)(C)C. The molecule has 1 saturated carbocycles. The first-order chi connectivity index (χ1) is 19.7. The van der Waals surface area contributed by atoms with Gasteiger partial charge in [-0.3, -0.25) is 9.59 Å². The maximum absolute atomic E-state index is 13.6. The highest BCUT2D eigenvalue weighted by molar-refractivity contribution is 6.31. The van der Waals surface area contributed by atoms with Crippen molar-refractivity contribution in [3.8, 4) is 5.75 Å². The summed E-state index contributed by atoms with van der Waals surface area (Å²) in [4.78, 5) is 25.9. The minimum Gasteiger partial charge on any atom is -0.485 e. The van der Waals surface area contributed by atoms with Gasteiger partial charge in [-0.25, -0.2) is 0 Å². The van der Waals surface area contributed by atoms with Gasteiger partial charge in [0.1, 0.15) is 5.75 Å². The van der Waals surface area contributed by atoms with Gasteiger partial charge in [-0.1, -0.05) is 71.3 Å². The summed E-state index contributed by atoms with van der Waals surface area (Å²) in [5.74, 6) is 1.56. The van der Waals surface area contributed by atoms with Crippen molar-refractivity contribution in [1.82, 2.24) is 4.57 Å². The molecule has 4 aromatic rings. The molecule has 2 N–H and O–H groups in total. The molecule has 3 aromatic carbocycles. The number of carbonyl (C=O) groups is 2. The largest absolute Gasteiger partial charge is 0.485 e. The van der Waals surface area contributed by atoms with Crippen LogP contribution < -0.4 is 10.5 Å². The topological polar surface area (TPSA) is 74.3 Å². The van der Waals surface area contributed by atoms with Crippen molar-refractivity contribution in [2.45, 2.75) is 73.3 Å². The van der Waals surface area contributed by atoms with E-state index in [1.165, 1.54) is 24.3 Å². The molecule has 0 atom stereocenters. The summed E-state index contributed by atoms with van der Waals surface area (Å²) in [6.45, 7) is 14.2. The average Bonchev–Trinajstić information content (AvgIpc) is 3.69. The molecular formula is C36H41ClN2O3. The van der Waals surface area contributed by atoms with Gasteiger partial charge in [0.15, 0.2) is 6.61 Å². The fourth-order valence-corrected chi connectivity index (χ4v) is 6.43. The Morgan fingerprint density at radius 1 is 0.952 bits per heavy atom. The number of hydrogen-bond donors (Lipinski definition) is 1. The van der Waals surface area contributed by atoms with Crippen LogP contribution in [0.5, 0.6) is 5.75 Å². The molecule has 6 heteroatoms. The normalized spacial score (nSPS) is 14.2. The van der Waals surface area contributed by atoms with Crippen LogP contribution in [0.15, 0.2) is 54.7 Å². The van der Waals surface area contributed by atoms with Gasteiger partial charge in [0, 0.05) is 34.2 Å². The lowest BCUT2D eigenvalue weighted by atomic mass is 9.65. The summed E-state index contributed by atoms with van der Waals surface area (Å²) in [6.07, 6.45) is 7.64. The van der Waals surface area contributed by atoms with Crippen molar-refractivity contribution < 1.29 is 14.3 Å². The van der Waals surface area contributed by atoms with E-state index in [2.05, 4.69) is 70.7 Å². The highest BCUT2D eigenvalue weighted by atomic mass is 35.5. The van der Waals surface area contributed by atoms with Crippen LogP contribution in [0.2, 0.25) is 5.02 Å². The molecule has 0 saturated heterocycles. The maximum atomic E-state index is 13.6. The molecule has 1 aliphatic carbocycles. The monoisotopic (exact) mass is 584 g/mol. The number of benzene rings is 3. The fourth-order valence-electron chi connectivity index (χ4n) is 6.25. The molecule has 1 amide bonds. The number of ketones is 1. The molecule has 0 bridgehead atoms. The first-order valence-corrected chi connectivity index (χ1v) is 15.1. The number of fused-ring (bicyclic) bond motifs is 2. The molecule has 1 aromatic heterocycles. The van der Waals surface area contributed by atoms with Crippen molar-refractivity contribution >= 4 is 45.0 Å². The number of primary amides is 1. The molecule has 2 radical (unpaired) electrons. The van der Waals surface area contributed by atoms with E-state index in [1.807, 2.05) is 12.3 Å². The molecule has 5 nitrogen and oxygen atoms in total. The van der Waals surface area contributed by atoms with Gasteiger partial charge < -0.3 is 15.0 Å². The lowest BCUT2D eigenvalue weighted by molar-refractivity contribution is 0.0913. The third-order valence-corrected chi connectivity index (χ3v) is 8.35. The summed E-state index contributed by atoms with van der Waals surface area (Å²) >= 11 is 6.13. The second-order valence-corrected chi connectivity index (χ2v) is 14.0. The van der Waals surface area contributed by atoms with Crippen LogP contribution in [0, 0.1) is 23.2 Å². The van der Waals surface area contributed by atoms with Crippen LogP contribution in [0.4, 0.5) is 0 Å². The van der Waals surface area contributed by atoms with Crippen molar-refractivity contribution in [2.75, 3.05) is 6.61 Å². The summed E-state index contributed by atoms with van der Waals surface area (Å²) in [6, 6.07) is 15.3. The number of aryl methyl sites for hydroxylation is 1. The highest BCUT2D eigenvalue weighted by Crippen LogP contribution is 2.45. The quantitative estimate of drug-likeness (QED) is 0.189. The molecule has 0 spiro atoms. The van der Waals surface area contributed by atoms with E-state index in [0.29, 0.717) is 16.5 Å². The molecule has 1 fully saturated rings. The predicted octanol–water partition coefficient (Wildman–Crippen LogP) is 8.95. The summed E-state index contributed by atoms with van der Waals surface area (Å²) in [5, 5.41) is 3.10. The van der Waals surface area contributed by atoms with E-state index in [4.69, 9.17) is 22.1 Å². The number of ether oxygens (including phenoxy) is 1. The van der Waals surface area contributed by atoms with Crippen LogP contribution in [0.3, 0.4) is 0 Å². The number of carbonyl (C=O) groups excluding carboxylic acids is 2. The second-order valence-electron chi connectivity index (χ2n) is 13.6. The lowest BCUT2D eigenvalue weighted by Gasteiger charge is -2.40. The summed E-state index contributed by atoms with van der Waals surface area (Å²) in [5.41, 5.74) is 9.06. The molecule has 1 heterocycles. The number of halogens is 1. The Hall–Kier alpha value is -3.31. The first kappa shape index (κ1) is 30.2. The number of hydrogen-bond acceptors (Lipinski definition) is 3. The second kappa shape index (κ2) is 11.4. The zero-order chi connectivity index (χ0) is 30.4. The van der Waals surface area contributed by atoms with E-state index in [-0.39, 0.29) is 34.5 Å². The molecule has 220 valence electrons. The molecule has 0 aliphatic heterocycles. The van der Waals surface area contributed by atoms with E-state index >= 15 is 0 Å². The van der Waals surface area contributed by atoms with Crippen LogP contribution >= 0.6 is 11.6 Å². The van der Waals surface area contributed by atoms with E-state index in [1.54, 1.807) is 24.3 Å². The third kappa shape index (κ3) is 6.52. The van der Waals surface area contributed by atoms with Crippen LogP contribution in [0.1, 0.15) is 93.0 Å². The number of amides is 1. The van der Waals surface area contributed by atoms with Crippen molar-refractivity contribution in [3.63, 3.8) is 0 Å². The van der Waals surface area contributed by atoms with E-state index in [0.717, 1.165) is 34.6 Å². The third-order valence-electron chi connectivity index (χ3n) is 8.11. The Morgan fingerprint density at radius 3 is 2.31 bits per heavy atom. The Balaban J connectivity index is 1.40. The smallest absolute Gasteiger partial charge is 0.252 e. The zero-order valence-corrected chi connectivity index (χ0v) is 26.3. The summed E-state index contributed by atoms with van der Waals surface area (Å²) in [7, 11) is 0. The number of aromatic nitrogens is 1. The molecule has 42 heavy (non-hydrogen) atoms. The van der Waals surface area contributed by atoms with Crippen molar-refractivity contribution in [1.29, 1.82) is 0 Å². The molecule has 5 rings (SSSR count). The predicted molar refractivity (Wildman–Crippen MR) is 172 cm³/mol. The average molecular weight is 585 g/mol. The first-order valence-electron chi connectivity index (χ1n) is 14.8. The number of nitrogens with two attached hydrogens (primary N) is 1. The Bertz CT molecular complexity index is 1640. The Kier molecular flexibility index (Phi) is 8.19. The van der Waals surface area contributed by atoms with Crippen molar-refractivity contribution in [2.24, 2.45) is 16.6 Å². The van der Waals surface area contributed by atoms with Gasteiger partial charge in [-0.05, 0) is 95.0 Å². The van der Waals surface area contributed by atoms with Crippen molar-refractivity contribution in [3.05, 3.63) is 88.8 Å². The van der Waals surface area contributed by atoms with Crippen LogP contribution in [-0.4, -0.2) is 22.9 Å². The van der Waals surface area contributed by atoms with Gasteiger partial charge in [0.05, 0.1) is 5.56 Å². The van der Waals surface area contributed by atoms with Gasteiger partial charge in [-0.2, -0.15) is 0 Å². The van der Waals surface area contributed by atoms with Gasteiger partial charge in [0.2, 0.25) is 5.78 Å².